The first-order valence-electron chi connectivity index (χ1n) is 23.3. The van der Waals surface area contributed by atoms with E-state index < -0.39 is 0 Å². The maximum Gasteiger partial charge on any atom is 0.167 e. The van der Waals surface area contributed by atoms with E-state index in [9.17, 15) is 0 Å². The molecular formula is C63H39N5O. The number of hydrogen-bond donors (Lipinski definition) is 0. The molecule has 0 spiro atoms. The summed E-state index contributed by atoms with van der Waals surface area (Å²) < 4.78 is 12.0. The van der Waals surface area contributed by atoms with Crippen molar-refractivity contribution < 1.29 is 4.42 Å². The van der Waals surface area contributed by atoms with Gasteiger partial charge < -0.3 is 13.6 Å². The van der Waals surface area contributed by atoms with Crippen molar-refractivity contribution in [3.8, 4) is 67.8 Å². The topological polar surface area (TPSA) is 61.7 Å². The lowest BCUT2D eigenvalue weighted by Crippen LogP contribution is -2.02. The third kappa shape index (κ3) is 6.16. The van der Waals surface area contributed by atoms with Crippen LogP contribution in [0.4, 0.5) is 0 Å². The number of rotatable bonds is 7. The van der Waals surface area contributed by atoms with Crippen LogP contribution in [0.2, 0.25) is 0 Å². The highest BCUT2D eigenvalue weighted by Crippen LogP contribution is 2.48. The SMILES string of the molecule is c1ccc(-c2cccc(-c3nc(-c4ccccc4)nc(-c4ccc(-n5c6ccccc6c6cc(-c7ccccc7)c7c8ccccc8n(-c8ccccc8)c7c65)c5c4oc4ccccc45)n3)c2)cc1. The zero-order valence-electron chi connectivity index (χ0n) is 37.2. The van der Waals surface area contributed by atoms with E-state index in [4.69, 9.17) is 19.4 Å². The Labute approximate surface area is 396 Å². The van der Waals surface area contributed by atoms with Crippen LogP contribution in [-0.4, -0.2) is 24.1 Å². The largest absolute Gasteiger partial charge is 0.455 e. The molecule has 0 aliphatic heterocycles. The molecular weight excluding hydrogens is 843 g/mol. The lowest BCUT2D eigenvalue weighted by Gasteiger charge is -2.16. The molecule has 0 unspecified atom stereocenters. The number of benzene rings is 10. The average molecular weight is 882 g/mol. The summed E-state index contributed by atoms with van der Waals surface area (Å²) in [7, 11) is 0. The van der Waals surface area contributed by atoms with Crippen molar-refractivity contribution in [1.29, 1.82) is 0 Å². The number of nitrogens with zero attached hydrogens (tertiary/aromatic N) is 5. The molecule has 0 N–H and O–H groups in total. The second-order valence-corrected chi connectivity index (χ2v) is 17.5. The van der Waals surface area contributed by atoms with Gasteiger partial charge in [0.2, 0.25) is 0 Å². The van der Waals surface area contributed by atoms with Gasteiger partial charge in [-0.3, -0.25) is 0 Å². The summed E-state index contributed by atoms with van der Waals surface area (Å²) in [5.74, 6) is 1.69. The Balaban J connectivity index is 1.10. The van der Waals surface area contributed by atoms with Crippen LogP contribution in [0.5, 0.6) is 0 Å². The molecule has 6 nitrogen and oxygen atoms in total. The molecule has 14 aromatic rings. The Hall–Kier alpha value is -9.39. The summed E-state index contributed by atoms with van der Waals surface area (Å²) in [4.78, 5) is 15.7. The van der Waals surface area contributed by atoms with Crippen LogP contribution >= 0.6 is 0 Å². The van der Waals surface area contributed by atoms with Crippen LogP contribution < -0.4 is 0 Å². The molecule has 0 aliphatic carbocycles. The van der Waals surface area contributed by atoms with Gasteiger partial charge in [-0.2, -0.15) is 0 Å². The molecule has 4 heterocycles. The second kappa shape index (κ2) is 15.6. The lowest BCUT2D eigenvalue weighted by molar-refractivity contribution is 0.669. The summed E-state index contributed by atoms with van der Waals surface area (Å²) in [6, 6.07) is 83.3. The van der Waals surface area contributed by atoms with E-state index in [-0.39, 0.29) is 0 Å². The highest BCUT2D eigenvalue weighted by Gasteiger charge is 2.27. The molecule has 6 heteroatoms. The van der Waals surface area contributed by atoms with Gasteiger partial charge in [-0.1, -0.05) is 182 Å². The van der Waals surface area contributed by atoms with Gasteiger partial charge >= 0.3 is 0 Å². The first-order chi connectivity index (χ1) is 34.2. The first-order valence-corrected chi connectivity index (χ1v) is 23.3. The predicted octanol–water partition coefficient (Wildman–Crippen LogP) is 16.3. The van der Waals surface area contributed by atoms with Crippen LogP contribution in [0.3, 0.4) is 0 Å². The molecule has 4 aromatic heterocycles. The highest BCUT2D eigenvalue weighted by molar-refractivity contribution is 6.29. The van der Waals surface area contributed by atoms with Crippen LogP contribution in [-0.2, 0) is 0 Å². The minimum atomic E-state index is 0.529. The van der Waals surface area contributed by atoms with E-state index in [1.54, 1.807) is 0 Å². The molecule has 10 aromatic carbocycles. The van der Waals surface area contributed by atoms with Gasteiger partial charge in [0.1, 0.15) is 11.2 Å². The molecule has 0 amide bonds. The molecule has 0 saturated carbocycles. The number of para-hydroxylation sites is 4. The van der Waals surface area contributed by atoms with Gasteiger partial charge in [0.25, 0.3) is 0 Å². The van der Waals surface area contributed by atoms with Crippen molar-refractivity contribution in [1.82, 2.24) is 24.1 Å². The zero-order valence-corrected chi connectivity index (χ0v) is 37.2. The maximum absolute atomic E-state index is 7.06. The molecule has 0 fully saturated rings. The number of aromatic nitrogens is 5. The van der Waals surface area contributed by atoms with Crippen molar-refractivity contribution in [2.75, 3.05) is 0 Å². The van der Waals surface area contributed by atoms with Crippen LogP contribution in [0.1, 0.15) is 0 Å². The molecule has 14 rings (SSSR count). The molecule has 0 saturated heterocycles. The molecule has 69 heavy (non-hydrogen) atoms. The summed E-state index contributed by atoms with van der Waals surface area (Å²) in [5, 5.41) is 6.69. The minimum absolute atomic E-state index is 0.529. The third-order valence-corrected chi connectivity index (χ3v) is 13.6. The highest BCUT2D eigenvalue weighted by atomic mass is 16.3. The maximum atomic E-state index is 7.06. The number of fused-ring (bicyclic) bond motifs is 10. The number of hydrogen-bond acceptors (Lipinski definition) is 4. The fourth-order valence-electron chi connectivity index (χ4n) is 10.5. The van der Waals surface area contributed by atoms with Crippen LogP contribution in [0, 0.1) is 0 Å². The summed E-state index contributed by atoms with van der Waals surface area (Å²) in [5.41, 5.74) is 15.2. The van der Waals surface area contributed by atoms with Crippen LogP contribution in [0.15, 0.2) is 241 Å². The van der Waals surface area contributed by atoms with Gasteiger partial charge in [-0.05, 0) is 76.9 Å². The molecule has 0 aliphatic rings. The van der Waals surface area contributed by atoms with Gasteiger partial charge in [-0.25, -0.2) is 15.0 Å². The monoisotopic (exact) mass is 881 g/mol. The summed E-state index contributed by atoms with van der Waals surface area (Å²) in [6.07, 6.45) is 0. The van der Waals surface area contributed by atoms with E-state index in [2.05, 4.69) is 203 Å². The molecule has 0 bridgehead atoms. The number of furan rings is 1. The second-order valence-electron chi connectivity index (χ2n) is 17.5. The normalized spacial score (nSPS) is 11.8. The molecule has 322 valence electrons. The van der Waals surface area contributed by atoms with Crippen molar-refractivity contribution in [2.24, 2.45) is 0 Å². The quantitative estimate of drug-likeness (QED) is 0.160. The van der Waals surface area contributed by atoms with Gasteiger partial charge in [0.15, 0.2) is 17.5 Å². The average Bonchev–Trinajstić information content (AvgIpc) is 4.10. The van der Waals surface area contributed by atoms with E-state index in [1.807, 2.05) is 42.5 Å². The smallest absolute Gasteiger partial charge is 0.167 e. The van der Waals surface area contributed by atoms with Crippen molar-refractivity contribution in [3.05, 3.63) is 237 Å². The standard InChI is InChI=1S/C63H39N5O/c1-5-20-40(21-6-1)43-26-19-27-44(38-43)62-64-61(42-24-9-3-10-25-42)65-63(66-62)49-36-37-54(57-48-32-15-18-35-55(48)69-60(49)57)68-52-33-16-13-30-46(52)51-39-50(41-22-7-2-8-23-41)56-47-31-14-17-34-53(47)67(59(56)58(51)68)45-28-11-4-12-29-45/h1-39H. The Morgan fingerprint density at radius 2 is 0.870 bits per heavy atom. The first kappa shape index (κ1) is 38.8. The van der Waals surface area contributed by atoms with Crippen molar-refractivity contribution in [3.63, 3.8) is 0 Å². The summed E-state index contributed by atoms with van der Waals surface area (Å²) in [6.45, 7) is 0. The Morgan fingerprint density at radius 3 is 1.61 bits per heavy atom. The molecule has 0 atom stereocenters. The van der Waals surface area contributed by atoms with E-state index in [0.717, 1.165) is 88.4 Å². The van der Waals surface area contributed by atoms with Gasteiger partial charge in [0.05, 0.1) is 38.7 Å². The Kier molecular flexibility index (Phi) is 8.79. The fourth-order valence-corrected chi connectivity index (χ4v) is 10.5. The van der Waals surface area contributed by atoms with Gasteiger partial charge in [0, 0.05) is 43.7 Å². The fraction of sp³-hybridized carbons (Fsp3) is 0. The van der Waals surface area contributed by atoms with E-state index >= 15 is 0 Å². The zero-order chi connectivity index (χ0) is 45.4. The minimum Gasteiger partial charge on any atom is -0.455 e. The molecule has 0 radical (unpaired) electrons. The third-order valence-electron chi connectivity index (χ3n) is 13.6. The van der Waals surface area contributed by atoms with Crippen molar-refractivity contribution in [2.45, 2.75) is 0 Å². The Morgan fingerprint density at radius 1 is 0.319 bits per heavy atom. The van der Waals surface area contributed by atoms with E-state index in [1.165, 1.54) is 21.9 Å². The van der Waals surface area contributed by atoms with E-state index in [0.29, 0.717) is 23.1 Å². The predicted molar refractivity (Wildman–Crippen MR) is 283 cm³/mol. The van der Waals surface area contributed by atoms with Gasteiger partial charge in [-0.15, -0.1) is 0 Å². The summed E-state index contributed by atoms with van der Waals surface area (Å²) >= 11 is 0. The van der Waals surface area contributed by atoms with Crippen molar-refractivity contribution >= 4 is 65.6 Å². The lowest BCUT2D eigenvalue weighted by atomic mass is 9.96. The Bertz CT molecular complexity index is 4290. The van der Waals surface area contributed by atoms with Crippen LogP contribution in [0.25, 0.3) is 133 Å².